The number of pyridine rings is 1. The first-order valence-corrected chi connectivity index (χ1v) is 15.5. The maximum atomic E-state index is 5.39. The van der Waals surface area contributed by atoms with Crippen LogP contribution in [-0.2, 0) is 0 Å². The molecule has 0 aliphatic heterocycles. The molecule has 0 aliphatic rings. The van der Waals surface area contributed by atoms with E-state index in [0.717, 1.165) is 71.5 Å². The van der Waals surface area contributed by atoms with Crippen LogP contribution in [0.1, 0.15) is 0 Å². The van der Waals surface area contributed by atoms with Gasteiger partial charge in [-0.15, -0.1) is 0 Å². The molecule has 10 rings (SSSR count). The van der Waals surface area contributed by atoms with E-state index in [0.29, 0.717) is 5.95 Å². The summed E-state index contributed by atoms with van der Waals surface area (Å²) >= 11 is 0. The Hall–Kier alpha value is -6.33. The zero-order chi connectivity index (χ0) is 30.2. The summed E-state index contributed by atoms with van der Waals surface area (Å²) in [5.41, 5.74) is 10.2. The first-order valence-electron chi connectivity index (χ1n) is 15.5. The van der Waals surface area contributed by atoms with Crippen molar-refractivity contribution in [3.05, 3.63) is 152 Å². The van der Waals surface area contributed by atoms with Gasteiger partial charge < -0.3 is 0 Å². The predicted molar refractivity (Wildman–Crippen MR) is 189 cm³/mol. The van der Waals surface area contributed by atoms with Crippen LogP contribution in [0.3, 0.4) is 0 Å². The van der Waals surface area contributed by atoms with Crippen LogP contribution in [0.5, 0.6) is 0 Å². The van der Waals surface area contributed by atoms with Crippen molar-refractivity contribution < 1.29 is 0 Å². The van der Waals surface area contributed by atoms with Gasteiger partial charge in [0.1, 0.15) is 11.3 Å². The molecule has 0 aliphatic carbocycles. The highest BCUT2D eigenvalue weighted by molar-refractivity contribution is 6.23. The molecule has 0 amide bonds. The predicted octanol–water partition coefficient (Wildman–Crippen LogP) is 10.0. The molecule has 5 heteroatoms. The molecule has 0 saturated heterocycles. The number of benzene rings is 6. The Morgan fingerprint density at radius 1 is 0.391 bits per heavy atom. The van der Waals surface area contributed by atoms with E-state index in [1.54, 1.807) is 0 Å². The van der Waals surface area contributed by atoms with Gasteiger partial charge in [0.25, 0.3) is 0 Å². The Kier molecular flexibility index (Phi) is 5.22. The normalized spacial score (nSPS) is 11.9. The van der Waals surface area contributed by atoms with Crippen molar-refractivity contribution >= 4 is 60.3 Å². The average Bonchev–Trinajstić information content (AvgIpc) is 3.68. The Balaban J connectivity index is 1.34. The summed E-state index contributed by atoms with van der Waals surface area (Å²) in [6, 6.07) is 52.9. The second kappa shape index (κ2) is 9.58. The highest BCUT2D eigenvalue weighted by atomic mass is 15.2. The van der Waals surface area contributed by atoms with Crippen LogP contribution < -0.4 is 0 Å². The third kappa shape index (κ3) is 3.54. The molecule has 0 unspecified atom stereocenters. The monoisotopic (exact) mass is 587 g/mol. The topological polar surface area (TPSA) is 48.0 Å². The third-order valence-corrected chi connectivity index (χ3v) is 9.12. The lowest BCUT2D eigenvalue weighted by molar-refractivity contribution is 0.991. The van der Waals surface area contributed by atoms with E-state index in [9.17, 15) is 0 Å². The highest BCUT2D eigenvalue weighted by Crippen LogP contribution is 2.40. The molecule has 0 N–H and O–H groups in total. The molecule has 4 aromatic heterocycles. The van der Waals surface area contributed by atoms with E-state index >= 15 is 0 Å². The molecule has 0 bridgehead atoms. The van der Waals surface area contributed by atoms with Crippen molar-refractivity contribution in [1.82, 2.24) is 23.9 Å². The number of nitrogens with zero attached hydrogens (tertiary/aromatic N) is 5. The number of imidazole rings is 1. The Morgan fingerprint density at radius 3 is 1.78 bits per heavy atom. The fraction of sp³-hybridized carbons (Fsp3) is 0. The van der Waals surface area contributed by atoms with E-state index < -0.39 is 0 Å². The summed E-state index contributed by atoms with van der Waals surface area (Å²) in [4.78, 5) is 15.8. The zero-order valence-corrected chi connectivity index (χ0v) is 24.7. The van der Waals surface area contributed by atoms with Crippen LogP contribution in [0, 0.1) is 0 Å². The molecular weight excluding hydrogens is 562 g/mol. The van der Waals surface area contributed by atoms with Crippen molar-refractivity contribution in [3.8, 4) is 28.3 Å². The van der Waals surface area contributed by atoms with Gasteiger partial charge in [0.15, 0.2) is 0 Å². The average molecular weight is 588 g/mol. The van der Waals surface area contributed by atoms with Gasteiger partial charge in [-0.3, -0.25) is 8.97 Å². The van der Waals surface area contributed by atoms with Crippen molar-refractivity contribution in [2.24, 2.45) is 0 Å². The van der Waals surface area contributed by atoms with Gasteiger partial charge in [0.2, 0.25) is 5.95 Å². The maximum Gasteiger partial charge on any atom is 0.236 e. The molecule has 0 fully saturated rings. The fourth-order valence-electron chi connectivity index (χ4n) is 7.06. The highest BCUT2D eigenvalue weighted by Gasteiger charge is 2.23. The van der Waals surface area contributed by atoms with Crippen LogP contribution in [0.25, 0.3) is 88.6 Å². The summed E-state index contributed by atoms with van der Waals surface area (Å²) in [7, 11) is 0. The number of para-hydroxylation sites is 4. The minimum absolute atomic E-state index is 0.626. The van der Waals surface area contributed by atoms with Gasteiger partial charge in [0.05, 0.1) is 27.8 Å². The number of hydrogen-bond donors (Lipinski definition) is 0. The summed E-state index contributed by atoms with van der Waals surface area (Å²) in [6.45, 7) is 0. The fourth-order valence-corrected chi connectivity index (χ4v) is 7.06. The Labute approximate surface area is 263 Å². The van der Waals surface area contributed by atoms with Crippen LogP contribution in [0.15, 0.2) is 152 Å². The van der Waals surface area contributed by atoms with Gasteiger partial charge in [-0.05, 0) is 40.8 Å². The number of fused-ring (bicyclic) bond motifs is 11. The van der Waals surface area contributed by atoms with Crippen molar-refractivity contribution in [1.29, 1.82) is 0 Å². The number of aromatic nitrogens is 5. The summed E-state index contributed by atoms with van der Waals surface area (Å²) in [6.07, 6.45) is 0. The van der Waals surface area contributed by atoms with Gasteiger partial charge in [-0.25, -0.2) is 15.0 Å². The summed E-state index contributed by atoms with van der Waals surface area (Å²) in [5, 5.41) is 5.61. The van der Waals surface area contributed by atoms with E-state index in [1.807, 2.05) is 18.2 Å². The van der Waals surface area contributed by atoms with Crippen molar-refractivity contribution in [2.75, 3.05) is 0 Å². The molecule has 0 saturated carbocycles. The Morgan fingerprint density at radius 2 is 0.978 bits per heavy atom. The first-order chi connectivity index (χ1) is 22.8. The molecule has 214 valence electrons. The largest absolute Gasteiger partial charge is 0.277 e. The second-order valence-corrected chi connectivity index (χ2v) is 11.7. The quantitative estimate of drug-likeness (QED) is 0.207. The van der Waals surface area contributed by atoms with E-state index in [-0.39, 0.29) is 0 Å². The van der Waals surface area contributed by atoms with E-state index in [2.05, 4.69) is 142 Å². The molecule has 6 aromatic carbocycles. The minimum Gasteiger partial charge on any atom is -0.277 e. The van der Waals surface area contributed by atoms with Gasteiger partial charge in [0, 0.05) is 27.1 Å². The van der Waals surface area contributed by atoms with Crippen molar-refractivity contribution in [2.45, 2.75) is 0 Å². The lowest BCUT2D eigenvalue weighted by Gasteiger charge is -2.13. The summed E-state index contributed by atoms with van der Waals surface area (Å²) in [5.74, 6) is 0.626. The molecule has 0 radical (unpaired) electrons. The maximum absolute atomic E-state index is 5.39. The number of rotatable bonds is 3. The zero-order valence-electron chi connectivity index (χ0n) is 24.7. The van der Waals surface area contributed by atoms with E-state index in [1.165, 1.54) is 11.1 Å². The lowest BCUT2D eigenvalue weighted by atomic mass is 10.0. The summed E-state index contributed by atoms with van der Waals surface area (Å²) < 4.78 is 4.52. The molecular formula is C41H25N5. The third-order valence-electron chi connectivity index (χ3n) is 9.12. The molecule has 5 nitrogen and oxygen atoms in total. The first kappa shape index (κ1) is 25.0. The minimum atomic E-state index is 0.626. The smallest absolute Gasteiger partial charge is 0.236 e. The van der Waals surface area contributed by atoms with Crippen LogP contribution >= 0.6 is 0 Å². The molecule has 10 aromatic rings. The number of hydrogen-bond acceptors (Lipinski definition) is 3. The van der Waals surface area contributed by atoms with E-state index in [4.69, 9.17) is 15.0 Å². The second-order valence-electron chi connectivity index (χ2n) is 11.7. The van der Waals surface area contributed by atoms with Crippen LogP contribution in [0.2, 0.25) is 0 Å². The Bertz CT molecular complexity index is 2790. The molecule has 46 heavy (non-hydrogen) atoms. The molecule has 0 spiro atoms. The van der Waals surface area contributed by atoms with Gasteiger partial charge in [-0.2, -0.15) is 0 Å². The van der Waals surface area contributed by atoms with Crippen LogP contribution in [-0.4, -0.2) is 23.9 Å². The molecule has 0 atom stereocenters. The SMILES string of the molecule is c1ccc(-c2ccc(-c3nc(-n4c5ccccc5c5c6ccccc6c6nc7ccccc7n6c54)nc4ccccc34)cc2)cc1. The van der Waals surface area contributed by atoms with Gasteiger partial charge in [-0.1, -0.05) is 127 Å². The standard InChI is InChI=1S/C41H25N5/c1-2-12-26(13-3-1)27-22-24-28(25-23-27)38-31-16-6-8-18-33(31)43-41(44-38)46-35-20-10-7-17-32(35)37-29-14-4-5-15-30(29)39-42-34-19-9-11-21-36(34)45(39)40(37)46/h1-25H. The lowest BCUT2D eigenvalue weighted by Crippen LogP contribution is -2.06. The van der Waals surface area contributed by atoms with Crippen LogP contribution in [0.4, 0.5) is 0 Å². The van der Waals surface area contributed by atoms with Gasteiger partial charge >= 0.3 is 0 Å². The van der Waals surface area contributed by atoms with Crippen molar-refractivity contribution in [3.63, 3.8) is 0 Å². The molecule has 4 heterocycles.